The van der Waals surface area contributed by atoms with Gasteiger partial charge in [-0.15, -0.1) is 0 Å². The van der Waals surface area contributed by atoms with Gasteiger partial charge >= 0.3 is 6.23 Å². The summed E-state index contributed by atoms with van der Waals surface area (Å²) >= 11 is 0. The van der Waals surface area contributed by atoms with Crippen molar-refractivity contribution in [1.29, 1.82) is 0 Å². The average Bonchev–Trinajstić information content (AvgIpc) is 2.12. The first-order chi connectivity index (χ1) is 6.18. The molecule has 0 spiro atoms. The van der Waals surface area contributed by atoms with Gasteiger partial charge in [0.2, 0.25) is 0 Å². The molecule has 3 heteroatoms. The van der Waals surface area contributed by atoms with Gasteiger partial charge in [-0.1, -0.05) is 6.07 Å². The molecule has 1 atom stereocenters. The standard InChI is InChI=1S/C10H10NO2/c1-7-2-3-8-4-5-10(12)11(13)9(8)6-7/h2-6,10,12H,1H3/q+1. The molecule has 66 valence electrons. The number of aliphatic hydroxyl groups is 1. The first kappa shape index (κ1) is 8.13. The molecule has 0 aromatic heterocycles. The van der Waals surface area contributed by atoms with Crippen LogP contribution in [0.1, 0.15) is 11.1 Å². The number of hydrogen-bond acceptors (Lipinski definition) is 2. The van der Waals surface area contributed by atoms with Gasteiger partial charge in [0.05, 0.1) is 10.3 Å². The molecule has 2 rings (SSSR count). The van der Waals surface area contributed by atoms with Crippen LogP contribution in [0.2, 0.25) is 0 Å². The highest BCUT2D eigenvalue weighted by atomic mass is 16.4. The van der Waals surface area contributed by atoms with E-state index < -0.39 is 6.23 Å². The maximum Gasteiger partial charge on any atom is 0.329 e. The minimum atomic E-state index is -1.05. The Morgan fingerprint density at radius 2 is 2.23 bits per heavy atom. The third-order valence-corrected chi connectivity index (χ3v) is 2.11. The third-order valence-electron chi connectivity index (χ3n) is 2.11. The van der Waals surface area contributed by atoms with Crippen LogP contribution in [0.15, 0.2) is 24.3 Å². The molecule has 13 heavy (non-hydrogen) atoms. The zero-order chi connectivity index (χ0) is 9.42. The predicted octanol–water partition coefficient (Wildman–Crippen LogP) is 1.75. The van der Waals surface area contributed by atoms with Gasteiger partial charge in [-0.2, -0.15) is 0 Å². The molecule has 0 aliphatic carbocycles. The third kappa shape index (κ3) is 1.27. The lowest BCUT2D eigenvalue weighted by molar-refractivity contribution is -0.541. The van der Waals surface area contributed by atoms with Crippen molar-refractivity contribution >= 4 is 11.8 Å². The lowest BCUT2D eigenvalue weighted by Gasteiger charge is -2.06. The highest BCUT2D eigenvalue weighted by Gasteiger charge is 2.28. The molecule has 1 aliphatic rings. The molecule has 0 saturated heterocycles. The van der Waals surface area contributed by atoms with Crippen LogP contribution in [0.4, 0.5) is 5.69 Å². The van der Waals surface area contributed by atoms with E-state index in [0.717, 1.165) is 11.1 Å². The number of fused-ring (bicyclic) bond motifs is 1. The zero-order valence-electron chi connectivity index (χ0n) is 7.27. The first-order valence-corrected chi connectivity index (χ1v) is 4.12. The van der Waals surface area contributed by atoms with E-state index >= 15 is 0 Å². The fourth-order valence-corrected chi connectivity index (χ4v) is 1.40. The molecule has 1 heterocycles. The summed E-state index contributed by atoms with van der Waals surface area (Å²) in [5.41, 5.74) is 2.41. The number of benzene rings is 1. The van der Waals surface area contributed by atoms with E-state index in [1.54, 1.807) is 12.1 Å². The molecule has 0 bridgehead atoms. The van der Waals surface area contributed by atoms with Crippen LogP contribution in [0.25, 0.3) is 6.08 Å². The monoisotopic (exact) mass is 176 g/mol. The minimum absolute atomic E-state index is 0.537. The van der Waals surface area contributed by atoms with Gasteiger partial charge in [0.15, 0.2) is 0 Å². The summed E-state index contributed by atoms with van der Waals surface area (Å²) in [7, 11) is 0. The summed E-state index contributed by atoms with van der Waals surface area (Å²) < 4.78 is 0.613. The molecule has 1 aliphatic heterocycles. The van der Waals surface area contributed by atoms with Crippen LogP contribution < -0.4 is 0 Å². The Kier molecular flexibility index (Phi) is 1.74. The molecule has 0 saturated carbocycles. The van der Waals surface area contributed by atoms with Crippen LogP contribution in [0.3, 0.4) is 0 Å². The average molecular weight is 176 g/mol. The molecule has 1 N–H and O–H groups in total. The number of hydrogen-bond donors (Lipinski definition) is 1. The Balaban J connectivity index is 2.60. The van der Waals surface area contributed by atoms with Crippen LogP contribution >= 0.6 is 0 Å². The minimum Gasteiger partial charge on any atom is -0.330 e. The summed E-state index contributed by atoms with van der Waals surface area (Å²) in [5.74, 6) is 0. The Bertz CT molecular complexity index is 396. The van der Waals surface area contributed by atoms with Gasteiger partial charge in [0.1, 0.15) is 0 Å². The molecular formula is C10H10NO2+. The predicted molar refractivity (Wildman–Crippen MR) is 49.5 cm³/mol. The summed E-state index contributed by atoms with van der Waals surface area (Å²) in [6, 6.07) is 5.59. The fraction of sp³-hybridized carbons (Fsp3) is 0.200. The number of aliphatic hydroxyl groups excluding tert-OH is 1. The van der Waals surface area contributed by atoms with Crippen LogP contribution in [0.5, 0.6) is 0 Å². The van der Waals surface area contributed by atoms with Gasteiger partial charge in [-0.05, 0) is 24.6 Å². The van der Waals surface area contributed by atoms with E-state index in [0.29, 0.717) is 10.4 Å². The van der Waals surface area contributed by atoms with E-state index in [1.807, 2.05) is 19.1 Å². The van der Waals surface area contributed by atoms with E-state index in [2.05, 4.69) is 0 Å². The number of nitroso groups, excluding NO2 is 1. The fourth-order valence-electron chi connectivity index (χ4n) is 1.40. The molecular weight excluding hydrogens is 166 g/mol. The van der Waals surface area contributed by atoms with Gasteiger partial charge in [0, 0.05) is 17.0 Å². The molecule has 1 unspecified atom stereocenters. The van der Waals surface area contributed by atoms with Crippen molar-refractivity contribution in [2.45, 2.75) is 13.2 Å². The second-order valence-electron chi connectivity index (χ2n) is 3.16. The maximum absolute atomic E-state index is 11.4. The summed E-state index contributed by atoms with van der Waals surface area (Å²) in [4.78, 5) is 11.4. The summed E-state index contributed by atoms with van der Waals surface area (Å²) in [6.45, 7) is 1.92. The molecule has 1 aromatic rings. The van der Waals surface area contributed by atoms with Crippen molar-refractivity contribution in [1.82, 2.24) is 0 Å². The van der Waals surface area contributed by atoms with Gasteiger partial charge < -0.3 is 5.11 Å². The second kappa shape index (κ2) is 2.78. The van der Waals surface area contributed by atoms with Gasteiger partial charge in [-0.3, -0.25) is 0 Å². The molecule has 0 radical (unpaired) electrons. The lowest BCUT2D eigenvalue weighted by Crippen LogP contribution is -2.19. The van der Waals surface area contributed by atoms with Gasteiger partial charge in [-0.25, -0.2) is 0 Å². The van der Waals surface area contributed by atoms with Crippen molar-refractivity contribution < 1.29 is 9.87 Å². The van der Waals surface area contributed by atoms with E-state index in [9.17, 15) is 10.0 Å². The maximum atomic E-state index is 11.4. The van der Waals surface area contributed by atoms with Crippen LogP contribution in [-0.4, -0.2) is 16.1 Å². The number of aryl methyl sites for hydroxylation is 1. The second-order valence-corrected chi connectivity index (χ2v) is 3.16. The van der Waals surface area contributed by atoms with Gasteiger partial charge in [0.25, 0.3) is 5.69 Å². The summed E-state index contributed by atoms with van der Waals surface area (Å²) in [5, 5.41) is 9.24. The lowest BCUT2D eigenvalue weighted by atomic mass is 10.1. The quantitative estimate of drug-likeness (QED) is 0.612. The smallest absolute Gasteiger partial charge is 0.329 e. The van der Waals surface area contributed by atoms with Crippen LogP contribution in [-0.2, 0) is 0 Å². The molecule has 0 fully saturated rings. The normalized spacial score (nSPS) is 20.2. The van der Waals surface area contributed by atoms with Crippen molar-refractivity contribution in [2.24, 2.45) is 0 Å². The molecule has 3 nitrogen and oxygen atoms in total. The Morgan fingerprint density at radius 1 is 1.46 bits per heavy atom. The topological polar surface area (TPSA) is 40.3 Å². The highest BCUT2D eigenvalue weighted by molar-refractivity contribution is 5.63. The Morgan fingerprint density at radius 3 is 3.00 bits per heavy atom. The zero-order valence-corrected chi connectivity index (χ0v) is 7.27. The van der Waals surface area contributed by atoms with Crippen molar-refractivity contribution in [2.75, 3.05) is 0 Å². The summed E-state index contributed by atoms with van der Waals surface area (Å²) in [6.07, 6.45) is 2.19. The van der Waals surface area contributed by atoms with E-state index in [-0.39, 0.29) is 0 Å². The van der Waals surface area contributed by atoms with E-state index in [1.165, 1.54) is 6.08 Å². The van der Waals surface area contributed by atoms with Crippen molar-refractivity contribution in [3.8, 4) is 0 Å². The largest absolute Gasteiger partial charge is 0.330 e. The number of rotatable bonds is 0. The number of nitrogens with zero attached hydrogens (tertiary/aromatic N) is 1. The Labute approximate surface area is 75.9 Å². The highest BCUT2D eigenvalue weighted by Crippen LogP contribution is 2.26. The Hall–Kier alpha value is -1.48. The van der Waals surface area contributed by atoms with Crippen LogP contribution in [0, 0.1) is 11.8 Å². The SMILES string of the molecule is Cc1ccc2c(c1)[N+](=O)C(O)C=C2. The van der Waals surface area contributed by atoms with E-state index in [4.69, 9.17) is 0 Å². The molecule has 0 amide bonds. The molecule has 1 aromatic carbocycles. The first-order valence-electron chi connectivity index (χ1n) is 4.12. The van der Waals surface area contributed by atoms with Crippen molar-refractivity contribution in [3.63, 3.8) is 0 Å². The van der Waals surface area contributed by atoms with Crippen molar-refractivity contribution in [3.05, 3.63) is 40.3 Å².